The van der Waals surface area contributed by atoms with Gasteiger partial charge in [0, 0.05) is 12.5 Å². The summed E-state index contributed by atoms with van der Waals surface area (Å²) in [7, 11) is 0. The standard InChI is InChI=1S/C13H24N4/c1-11(8-9-14)6-7-13-16-15-10-17(13)12-4-2-3-5-12/h10-12H,2-9,14H2,1H3. The highest BCUT2D eigenvalue weighted by molar-refractivity contribution is 4.91. The average molecular weight is 236 g/mol. The van der Waals surface area contributed by atoms with Gasteiger partial charge in [-0.1, -0.05) is 19.8 Å². The Labute approximate surface area is 104 Å². The van der Waals surface area contributed by atoms with Crippen molar-refractivity contribution in [2.24, 2.45) is 11.7 Å². The third kappa shape index (κ3) is 3.28. The molecule has 2 N–H and O–H groups in total. The molecule has 1 unspecified atom stereocenters. The van der Waals surface area contributed by atoms with Gasteiger partial charge >= 0.3 is 0 Å². The molecule has 0 saturated heterocycles. The first kappa shape index (κ1) is 12.6. The summed E-state index contributed by atoms with van der Waals surface area (Å²) in [4.78, 5) is 0. The van der Waals surface area contributed by atoms with Gasteiger partial charge < -0.3 is 10.3 Å². The Kier molecular flexibility index (Phi) is 4.54. The van der Waals surface area contributed by atoms with Crippen molar-refractivity contribution in [2.75, 3.05) is 6.54 Å². The van der Waals surface area contributed by atoms with E-state index in [0.717, 1.165) is 19.4 Å². The van der Waals surface area contributed by atoms with Crippen molar-refractivity contribution in [1.29, 1.82) is 0 Å². The summed E-state index contributed by atoms with van der Waals surface area (Å²) in [5, 5.41) is 8.35. The highest BCUT2D eigenvalue weighted by atomic mass is 15.3. The first-order chi connectivity index (χ1) is 8.31. The summed E-state index contributed by atoms with van der Waals surface area (Å²) < 4.78 is 2.31. The molecule has 1 aromatic rings. The molecule has 0 spiro atoms. The fourth-order valence-electron chi connectivity index (χ4n) is 2.74. The second-order valence-corrected chi connectivity index (χ2v) is 5.31. The molecule has 1 aliphatic carbocycles. The molecular weight excluding hydrogens is 212 g/mol. The maximum atomic E-state index is 5.57. The van der Waals surface area contributed by atoms with Gasteiger partial charge in [0.1, 0.15) is 12.2 Å². The number of aromatic nitrogens is 3. The Balaban J connectivity index is 1.90. The Morgan fingerprint density at radius 1 is 1.41 bits per heavy atom. The molecule has 1 fully saturated rings. The number of nitrogens with zero attached hydrogens (tertiary/aromatic N) is 3. The van der Waals surface area contributed by atoms with Crippen LogP contribution in [0.4, 0.5) is 0 Å². The van der Waals surface area contributed by atoms with E-state index in [1.165, 1.54) is 37.9 Å². The number of hydrogen-bond acceptors (Lipinski definition) is 3. The van der Waals surface area contributed by atoms with Crippen LogP contribution in [0.25, 0.3) is 0 Å². The van der Waals surface area contributed by atoms with E-state index in [0.29, 0.717) is 12.0 Å². The summed E-state index contributed by atoms with van der Waals surface area (Å²) in [5.74, 6) is 1.86. The quantitative estimate of drug-likeness (QED) is 0.824. The SMILES string of the molecule is CC(CCN)CCc1nncn1C1CCCC1. The van der Waals surface area contributed by atoms with Gasteiger partial charge in [-0.05, 0) is 38.1 Å². The summed E-state index contributed by atoms with van der Waals surface area (Å²) >= 11 is 0. The first-order valence-corrected chi connectivity index (χ1v) is 6.89. The van der Waals surface area contributed by atoms with Gasteiger partial charge in [-0.2, -0.15) is 0 Å². The van der Waals surface area contributed by atoms with Crippen molar-refractivity contribution in [2.45, 2.75) is 57.9 Å². The fraction of sp³-hybridized carbons (Fsp3) is 0.846. The molecule has 1 aliphatic rings. The molecule has 1 heterocycles. The van der Waals surface area contributed by atoms with Crippen LogP contribution < -0.4 is 5.73 Å². The van der Waals surface area contributed by atoms with Gasteiger partial charge in [0.05, 0.1) is 0 Å². The van der Waals surface area contributed by atoms with E-state index in [1.807, 2.05) is 6.33 Å². The smallest absolute Gasteiger partial charge is 0.133 e. The van der Waals surface area contributed by atoms with Gasteiger partial charge in [0.25, 0.3) is 0 Å². The van der Waals surface area contributed by atoms with Crippen LogP contribution in [0.3, 0.4) is 0 Å². The maximum Gasteiger partial charge on any atom is 0.133 e. The molecule has 2 rings (SSSR count). The topological polar surface area (TPSA) is 56.7 Å². The molecule has 1 aromatic heterocycles. The monoisotopic (exact) mass is 236 g/mol. The van der Waals surface area contributed by atoms with Crippen LogP contribution in [-0.2, 0) is 6.42 Å². The lowest BCUT2D eigenvalue weighted by molar-refractivity contribution is 0.458. The van der Waals surface area contributed by atoms with Crippen molar-refractivity contribution in [3.63, 3.8) is 0 Å². The van der Waals surface area contributed by atoms with Crippen molar-refractivity contribution in [3.05, 3.63) is 12.2 Å². The first-order valence-electron chi connectivity index (χ1n) is 6.89. The largest absolute Gasteiger partial charge is 0.330 e. The molecule has 96 valence electrons. The lowest BCUT2D eigenvalue weighted by atomic mass is 10.0. The van der Waals surface area contributed by atoms with Crippen molar-refractivity contribution in [1.82, 2.24) is 14.8 Å². The Morgan fingerprint density at radius 3 is 2.88 bits per heavy atom. The van der Waals surface area contributed by atoms with Crippen LogP contribution in [0, 0.1) is 5.92 Å². The van der Waals surface area contributed by atoms with Crippen LogP contribution in [0.15, 0.2) is 6.33 Å². The zero-order valence-electron chi connectivity index (χ0n) is 10.8. The summed E-state index contributed by atoms with van der Waals surface area (Å²) in [5.41, 5.74) is 5.57. The zero-order chi connectivity index (χ0) is 12.1. The van der Waals surface area contributed by atoms with E-state index in [4.69, 9.17) is 5.73 Å². The molecule has 4 heteroatoms. The van der Waals surface area contributed by atoms with Gasteiger partial charge in [0.15, 0.2) is 0 Å². The minimum Gasteiger partial charge on any atom is -0.330 e. The van der Waals surface area contributed by atoms with Gasteiger partial charge in [-0.15, -0.1) is 10.2 Å². The van der Waals surface area contributed by atoms with Crippen LogP contribution in [-0.4, -0.2) is 21.3 Å². The minimum atomic E-state index is 0.657. The van der Waals surface area contributed by atoms with Crippen molar-refractivity contribution < 1.29 is 0 Å². The van der Waals surface area contributed by atoms with Crippen molar-refractivity contribution in [3.8, 4) is 0 Å². The normalized spacial score (nSPS) is 18.7. The molecule has 0 amide bonds. The number of rotatable bonds is 6. The van der Waals surface area contributed by atoms with Gasteiger partial charge in [-0.25, -0.2) is 0 Å². The summed E-state index contributed by atoms with van der Waals surface area (Å²) in [6.07, 6.45) is 10.5. The average Bonchev–Trinajstić information content (AvgIpc) is 2.97. The van der Waals surface area contributed by atoms with E-state index in [9.17, 15) is 0 Å². The van der Waals surface area contributed by atoms with Gasteiger partial charge in [0.2, 0.25) is 0 Å². The molecule has 0 bridgehead atoms. The number of nitrogens with two attached hydrogens (primary N) is 1. The molecule has 0 radical (unpaired) electrons. The predicted octanol–water partition coefficient (Wildman–Crippen LogP) is 2.31. The predicted molar refractivity (Wildman–Crippen MR) is 68.7 cm³/mol. The lowest BCUT2D eigenvalue weighted by Crippen LogP contribution is -2.11. The fourth-order valence-corrected chi connectivity index (χ4v) is 2.74. The van der Waals surface area contributed by atoms with Crippen LogP contribution in [0.5, 0.6) is 0 Å². The van der Waals surface area contributed by atoms with E-state index < -0.39 is 0 Å². The number of aryl methyl sites for hydroxylation is 1. The van der Waals surface area contributed by atoms with E-state index >= 15 is 0 Å². The molecule has 1 atom stereocenters. The second kappa shape index (κ2) is 6.15. The van der Waals surface area contributed by atoms with Crippen LogP contribution in [0.1, 0.15) is 57.3 Å². The molecule has 4 nitrogen and oxygen atoms in total. The molecular formula is C13H24N4. The Morgan fingerprint density at radius 2 is 2.18 bits per heavy atom. The number of hydrogen-bond donors (Lipinski definition) is 1. The van der Waals surface area contributed by atoms with E-state index in [-0.39, 0.29) is 0 Å². The van der Waals surface area contributed by atoms with Crippen molar-refractivity contribution >= 4 is 0 Å². The second-order valence-electron chi connectivity index (χ2n) is 5.31. The highest BCUT2D eigenvalue weighted by Crippen LogP contribution is 2.30. The third-order valence-electron chi connectivity index (χ3n) is 3.89. The maximum absolute atomic E-state index is 5.57. The summed E-state index contributed by atoms with van der Waals surface area (Å²) in [6.45, 7) is 3.06. The summed E-state index contributed by atoms with van der Waals surface area (Å²) in [6, 6.07) is 0.657. The highest BCUT2D eigenvalue weighted by Gasteiger charge is 2.19. The third-order valence-corrected chi connectivity index (χ3v) is 3.89. The van der Waals surface area contributed by atoms with Gasteiger partial charge in [-0.3, -0.25) is 0 Å². The molecule has 1 saturated carbocycles. The molecule has 17 heavy (non-hydrogen) atoms. The van der Waals surface area contributed by atoms with Crippen LogP contribution >= 0.6 is 0 Å². The van der Waals surface area contributed by atoms with E-state index in [2.05, 4.69) is 21.7 Å². The zero-order valence-corrected chi connectivity index (χ0v) is 10.8. The van der Waals surface area contributed by atoms with Crippen LogP contribution in [0.2, 0.25) is 0 Å². The Hall–Kier alpha value is -0.900. The minimum absolute atomic E-state index is 0.657. The molecule has 0 aliphatic heterocycles. The van der Waals surface area contributed by atoms with E-state index in [1.54, 1.807) is 0 Å². The lowest BCUT2D eigenvalue weighted by Gasteiger charge is -2.15. The molecule has 0 aromatic carbocycles. The Bertz CT molecular complexity index is 328.